The predicted octanol–water partition coefficient (Wildman–Crippen LogP) is 0.00690. The molecule has 15 heavy (non-hydrogen) atoms. The molecule has 0 aliphatic rings. The van der Waals surface area contributed by atoms with Crippen LogP contribution in [-0.4, -0.2) is 18.8 Å². The molecule has 0 aromatic heterocycles. The van der Waals surface area contributed by atoms with Crippen molar-refractivity contribution >= 4 is 12.2 Å². The molecule has 5 nitrogen and oxygen atoms in total. The van der Waals surface area contributed by atoms with Crippen LogP contribution in [0.25, 0.3) is 0 Å². The Balaban J connectivity index is 2.72. The number of carbonyl (C=O) groups is 2. The Morgan fingerprint density at radius 3 is 2.87 bits per heavy atom. The van der Waals surface area contributed by atoms with Gasteiger partial charge in [0.1, 0.15) is 17.9 Å². The first-order valence-electron chi connectivity index (χ1n) is 4.03. The van der Waals surface area contributed by atoms with Gasteiger partial charge in [0, 0.05) is 11.6 Å². The lowest BCUT2D eigenvalue weighted by molar-refractivity contribution is -0.123. The number of halogens is 1. The number of rotatable bonds is 4. The summed E-state index contributed by atoms with van der Waals surface area (Å²) in [7, 11) is 0. The van der Waals surface area contributed by atoms with Gasteiger partial charge in [0.15, 0.2) is 6.61 Å². The van der Waals surface area contributed by atoms with Crippen LogP contribution in [0.15, 0.2) is 18.2 Å². The third-order valence-corrected chi connectivity index (χ3v) is 1.56. The Morgan fingerprint density at radius 1 is 1.53 bits per heavy atom. The highest BCUT2D eigenvalue weighted by molar-refractivity contribution is 5.77. The molecule has 1 aromatic rings. The first-order valence-corrected chi connectivity index (χ1v) is 4.03. The van der Waals surface area contributed by atoms with Crippen molar-refractivity contribution in [2.75, 3.05) is 6.61 Å². The van der Waals surface area contributed by atoms with Crippen molar-refractivity contribution in [3.05, 3.63) is 29.6 Å². The fourth-order valence-electron chi connectivity index (χ4n) is 0.926. The number of nitrogens with two attached hydrogens (primary N) is 1. The SMILES string of the molecule is NNC(=O)COc1cc(F)cc(C=O)c1. The minimum absolute atomic E-state index is 0.0979. The van der Waals surface area contributed by atoms with Crippen LogP contribution in [0.4, 0.5) is 4.39 Å². The van der Waals surface area contributed by atoms with Crippen molar-refractivity contribution in [2.45, 2.75) is 0 Å². The molecule has 1 amide bonds. The summed E-state index contributed by atoms with van der Waals surface area (Å²) < 4.78 is 17.7. The largest absolute Gasteiger partial charge is 0.484 e. The Labute approximate surface area is 85.0 Å². The number of hydrazine groups is 1. The van der Waals surface area contributed by atoms with Gasteiger partial charge < -0.3 is 4.74 Å². The summed E-state index contributed by atoms with van der Waals surface area (Å²) in [6.45, 7) is -0.335. The minimum Gasteiger partial charge on any atom is -0.484 e. The lowest BCUT2D eigenvalue weighted by Crippen LogP contribution is -2.34. The second-order valence-corrected chi connectivity index (χ2v) is 2.69. The van der Waals surface area contributed by atoms with Gasteiger partial charge in [-0.3, -0.25) is 15.0 Å². The quantitative estimate of drug-likeness (QED) is 0.319. The number of nitrogens with one attached hydrogen (secondary N) is 1. The summed E-state index contributed by atoms with van der Waals surface area (Å²) in [6, 6.07) is 3.44. The van der Waals surface area contributed by atoms with E-state index >= 15 is 0 Å². The van der Waals surface area contributed by atoms with Crippen LogP contribution in [0.3, 0.4) is 0 Å². The summed E-state index contributed by atoms with van der Waals surface area (Å²) in [6.07, 6.45) is 0.485. The van der Waals surface area contributed by atoms with Crippen LogP contribution in [0, 0.1) is 5.82 Å². The van der Waals surface area contributed by atoms with Crippen LogP contribution in [-0.2, 0) is 4.79 Å². The molecule has 0 unspecified atom stereocenters. The van der Waals surface area contributed by atoms with Gasteiger partial charge in [0.25, 0.3) is 5.91 Å². The van der Waals surface area contributed by atoms with Gasteiger partial charge in [-0.1, -0.05) is 0 Å². The van der Waals surface area contributed by atoms with Crippen molar-refractivity contribution < 1.29 is 18.7 Å². The van der Waals surface area contributed by atoms with E-state index in [0.29, 0.717) is 6.29 Å². The van der Waals surface area contributed by atoms with Crippen molar-refractivity contribution in [1.82, 2.24) is 5.43 Å². The summed E-state index contributed by atoms with van der Waals surface area (Å²) in [4.78, 5) is 21.1. The van der Waals surface area contributed by atoms with Gasteiger partial charge >= 0.3 is 0 Å². The van der Waals surface area contributed by atoms with Crippen molar-refractivity contribution in [3.8, 4) is 5.75 Å². The molecule has 0 radical (unpaired) electrons. The Kier molecular flexibility index (Phi) is 3.75. The Bertz CT molecular complexity index is 382. The fraction of sp³-hybridized carbons (Fsp3) is 0.111. The maximum atomic E-state index is 12.9. The maximum absolute atomic E-state index is 12.9. The normalized spacial score (nSPS) is 9.47. The van der Waals surface area contributed by atoms with Crippen LogP contribution in [0.1, 0.15) is 10.4 Å². The topological polar surface area (TPSA) is 81.4 Å². The van der Waals surface area contributed by atoms with Crippen LogP contribution < -0.4 is 16.0 Å². The van der Waals surface area contributed by atoms with Gasteiger partial charge in [0.2, 0.25) is 0 Å². The van der Waals surface area contributed by atoms with E-state index < -0.39 is 11.7 Å². The number of ether oxygens (including phenoxy) is 1. The van der Waals surface area contributed by atoms with Crippen molar-refractivity contribution in [1.29, 1.82) is 0 Å². The molecule has 1 rings (SSSR count). The molecule has 6 heteroatoms. The molecule has 0 atom stereocenters. The summed E-state index contributed by atoms with van der Waals surface area (Å²) >= 11 is 0. The average molecular weight is 212 g/mol. The van der Waals surface area contributed by atoms with E-state index in [-0.39, 0.29) is 17.9 Å². The smallest absolute Gasteiger partial charge is 0.271 e. The standard InChI is InChI=1S/C9H9FN2O3/c10-7-1-6(4-13)2-8(3-7)15-5-9(14)12-11/h1-4H,5,11H2,(H,12,14). The zero-order chi connectivity index (χ0) is 11.3. The second-order valence-electron chi connectivity index (χ2n) is 2.69. The Hall–Kier alpha value is -1.95. The van der Waals surface area contributed by atoms with Crippen molar-refractivity contribution in [3.63, 3.8) is 0 Å². The number of carbonyl (C=O) groups excluding carboxylic acids is 2. The molecule has 3 N–H and O–H groups in total. The van der Waals surface area contributed by atoms with E-state index in [1.165, 1.54) is 6.07 Å². The number of hydrogen-bond acceptors (Lipinski definition) is 4. The first-order chi connectivity index (χ1) is 7.15. The van der Waals surface area contributed by atoms with E-state index in [0.717, 1.165) is 12.1 Å². The predicted molar refractivity (Wildman–Crippen MR) is 49.6 cm³/mol. The van der Waals surface area contributed by atoms with Crippen LogP contribution in [0.5, 0.6) is 5.75 Å². The molecule has 0 fully saturated rings. The molecule has 0 saturated heterocycles. The van der Waals surface area contributed by atoms with Crippen molar-refractivity contribution in [2.24, 2.45) is 5.84 Å². The van der Waals surface area contributed by atoms with Gasteiger partial charge in [-0.05, 0) is 12.1 Å². The highest BCUT2D eigenvalue weighted by Crippen LogP contribution is 2.15. The van der Waals surface area contributed by atoms with E-state index in [4.69, 9.17) is 10.6 Å². The molecular weight excluding hydrogens is 203 g/mol. The summed E-state index contributed by atoms with van der Waals surface area (Å²) in [5.74, 6) is 3.75. The fourth-order valence-corrected chi connectivity index (χ4v) is 0.926. The van der Waals surface area contributed by atoms with E-state index in [9.17, 15) is 14.0 Å². The van der Waals surface area contributed by atoms with Gasteiger partial charge in [0.05, 0.1) is 0 Å². The molecule has 0 bridgehead atoms. The molecule has 0 aliphatic heterocycles. The zero-order valence-electron chi connectivity index (χ0n) is 7.70. The average Bonchev–Trinajstić information content (AvgIpc) is 2.25. The number of benzene rings is 1. The second kappa shape index (κ2) is 5.06. The maximum Gasteiger partial charge on any atom is 0.271 e. The third kappa shape index (κ3) is 3.35. The van der Waals surface area contributed by atoms with Crippen LogP contribution >= 0.6 is 0 Å². The highest BCUT2D eigenvalue weighted by Gasteiger charge is 2.03. The molecule has 0 aliphatic carbocycles. The van der Waals surface area contributed by atoms with E-state index in [1.54, 1.807) is 0 Å². The number of hydrogen-bond donors (Lipinski definition) is 2. The molecule has 0 saturated carbocycles. The molecule has 80 valence electrons. The number of aldehydes is 1. The van der Waals surface area contributed by atoms with Gasteiger partial charge in [-0.15, -0.1) is 0 Å². The van der Waals surface area contributed by atoms with Crippen LogP contribution in [0.2, 0.25) is 0 Å². The van der Waals surface area contributed by atoms with Gasteiger partial charge in [-0.2, -0.15) is 0 Å². The molecular formula is C9H9FN2O3. The van der Waals surface area contributed by atoms with E-state index in [2.05, 4.69) is 0 Å². The lowest BCUT2D eigenvalue weighted by atomic mass is 10.2. The highest BCUT2D eigenvalue weighted by atomic mass is 19.1. The van der Waals surface area contributed by atoms with E-state index in [1.807, 2.05) is 5.43 Å². The summed E-state index contributed by atoms with van der Waals surface area (Å²) in [5, 5.41) is 0. The molecule has 0 spiro atoms. The number of amides is 1. The minimum atomic E-state index is -0.609. The zero-order valence-corrected chi connectivity index (χ0v) is 7.70. The Morgan fingerprint density at radius 2 is 2.27 bits per heavy atom. The molecule has 1 aromatic carbocycles. The first kappa shape index (κ1) is 11.1. The van der Waals surface area contributed by atoms with Gasteiger partial charge in [-0.25, -0.2) is 10.2 Å². The lowest BCUT2D eigenvalue weighted by Gasteiger charge is -2.05. The third-order valence-electron chi connectivity index (χ3n) is 1.56. The summed E-state index contributed by atoms with van der Waals surface area (Å²) in [5.41, 5.74) is 1.99. The monoisotopic (exact) mass is 212 g/mol. The molecule has 0 heterocycles.